The van der Waals surface area contributed by atoms with Gasteiger partial charge >= 0.3 is 0 Å². The molecule has 1 rings (SSSR count). The maximum atomic E-state index is 9.59. The average molecular weight is 251 g/mol. The highest BCUT2D eigenvalue weighted by Crippen LogP contribution is 2.20. The molecule has 0 bridgehead atoms. The molecule has 1 fully saturated rings. The molecule has 0 unspecified atom stereocenters. The van der Waals surface area contributed by atoms with Gasteiger partial charge in [-0.25, -0.2) is 0 Å². The maximum absolute atomic E-state index is 9.59. The number of nitrogens with one attached hydrogen (secondary N) is 1. The zero-order valence-corrected chi connectivity index (χ0v) is 9.48. The van der Waals surface area contributed by atoms with Crippen molar-refractivity contribution < 1.29 is 30.6 Å². The number of rotatable bonds is 4. The Kier molecular flexibility index (Phi) is 5.74. The SMILES string of the molecule is OCC(CO)NC1C[C@@H](O)[C@@H](O)[C@H](O)[C@H](O)C1. The third-order valence-electron chi connectivity index (χ3n) is 3.10. The van der Waals surface area contributed by atoms with E-state index in [0.717, 1.165) is 0 Å². The molecule has 1 saturated carbocycles. The van der Waals surface area contributed by atoms with Crippen LogP contribution in [0, 0.1) is 0 Å². The predicted octanol–water partition coefficient (Wildman–Crippen LogP) is -3.46. The van der Waals surface area contributed by atoms with Gasteiger partial charge < -0.3 is 36.0 Å². The van der Waals surface area contributed by atoms with Gasteiger partial charge in [-0.2, -0.15) is 0 Å². The van der Waals surface area contributed by atoms with E-state index in [1.165, 1.54) is 0 Å². The van der Waals surface area contributed by atoms with E-state index in [1.807, 2.05) is 0 Å². The second-order valence-corrected chi connectivity index (χ2v) is 4.51. The molecule has 102 valence electrons. The first-order chi connectivity index (χ1) is 7.99. The Balaban J connectivity index is 2.62. The van der Waals surface area contributed by atoms with E-state index in [0.29, 0.717) is 0 Å². The Morgan fingerprint density at radius 3 is 1.65 bits per heavy atom. The van der Waals surface area contributed by atoms with Crippen LogP contribution in [0.15, 0.2) is 0 Å². The Labute approximate surface area is 99.3 Å². The predicted molar refractivity (Wildman–Crippen MR) is 58.1 cm³/mol. The van der Waals surface area contributed by atoms with Gasteiger partial charge in [0.2, 0.25) is 0 Å². The molecule has 4 atom stereocenters. The number of hydrogen-bond donors (Lipinski definition) is 7. The van der Waals surface area contributed by atoms with E-state index in [2.05, 4.69) is 5.32 Å². The Hall–Kier alpha value is -0.280. The summed E-state index contributed by atoms with van der Waals surface area (Å²) in [5, 5.41) is 58.8. The van der Waals surface area contributed by atoms with Crippen molar-refractivity contribution in [3.8, 4) is 0 Å². The van der Waals surface area contributed by atoms with Gasteiger partial charge in [0.15, 0.2) is 0 Å². The Morgan fingerprint density at radius 1 is 0.882 bits per heavy atom. The normalized spacial score (nSPS) is 39.4. The number of aliphatic hydroxyl groups is 6. The van der Waals surface area contributed by atoms with Crippen LogP contribution in [0.4, 0.5) is 0 Å². The van der Waals surface area contributed by atoms with E-state index < -0.39 is 36.5 Å². The molecule has 0 radical (unpaired) electrons. The molecule has 0 aromatic rings. The van der Waals surface area contributed by atoms with E-state index >= 15 is 0 Å². The van der Waals surface area contributed by atoms with Crippen molar-refractivity contribution in [1.29, 1.82) is 0 Å². The number of hydrogen-bond acceptors (Lipinski definition) is 7. The van der Waals surface area contributed by atoms with Gasteiger partial charge in [-0.05, 0) is 12.8 Å². The van der Waals surface area contributed by atoms with Gasteiger partial charge in [0, 0.05) is 6.04 Å². The van der Waals surface area contributed by atoms with E-state index in [4.69, 9.17) is 10.2 Å². The number of aliphatic hydroxyl groups excluding tert-OH is 6. The molecule has 1 aliphatic carbocycles. The molecule has 0 aliphatic heterocycles. The quantitative estimate of drug-likeness (QED) is 0.258. The molecule has 7 N–H and O–H groups in total. The van der Waals surface area contributed by atoms with Crippen LogP contribution in [-0.2, 0) is 0 Å². The fourth-order valence-corrected chi connectivity index (χ4v) is 2.05. The lowest BCUT2D eigenvalue weighted by Crippen LogP contribution is -2.45. The second kappa shape index (κ2) is 6.60. The summed E-state index contributed by atoms with van der Waals surface area (Å²) >= 11 is 0. The Morgan fingerprint density at radius 2 is 1.29 bits per heavy atom. The van der Waals surface area contributed by atoms with Crippen molar-refractivity contribution in [3.05, 3.63) is 0 Å². The summed E-state index contributed by atoms with van der Waals surface area (Å²) in [5.74, 6) is 0. The van der Waals surface area contributed by atoms with Gasteiger partial charge in [0.25, 0.3) is 0 Å². The van der Waals surface area contributed by atoms with Crippen LogP contribution in [0.25, 0.3) is 0 Å². The van der Waals surface area contributed by atoms with Crippen LogP contribution in [-0.4, -0.2) is 80.4 Å². The fourth-order valence-electron chi connectivity index (χ4n) is 2.05. The topological polar surface area (TPSA) is 133 Å². The van der Waals surface area contributed by atoms with Gasteiger partial charge in [-0.1, -0.05) is 0 Å². The van der Waals surface area contributed by atoms with Crippen LogP contribution in [0.2, 0.25) is 0 Å². The van der Waals surface area contributed by atoms with E-state index in [-0.39, 0.29) is 26.1 Å². The van der Waals surface area contributed by atoms with Crippen molar-refractivity contribution >= 4 is 0 Å². The molecule has 0 amide bonds. The highest BCUT2D eigenvalue weighted by atomic mass is 16.4. The lowest BCUT2D eigenvalue weighted by atomic mass is 10.1. The Bertz CT molecular complexity index is 206. The van der Waals surface area contributed by atoms with E-state index in [1.54, 1.807) is 0 Å². The van der Waals surface area contributed by atoms with Crippen LogP contribution < -0.4 is 5.32 Å². The molecule has 0 aromatic carbocycles. The van der Waals surface area contributed by atoms with Crippen molar-refractivity contribution in [1.82, 2.24) is 5.32 Å². The van der Waals surface area contributed by atoms with Crippen molar-refractivity contribution in [2.24, 2.45) is 0 Å². The summed E-state index contributed by atoms with van der Waals surface area (Å²) < 4.78 is 0. The summed E-state index contributed by atoms with van der Waals surface area (Å²) in [5.41, 5.74) is 0. The molecule has 1 aliphatic rings. The van der Waals surface area contributed by atoms with Gasteiger partial charge in [-0.15, -0.1) is 0 Å². The maximum Gasteiger partial charge on any atom is 0.108 e. The first-order valence-electron chi connectivity index (χ1n) is 5.69. The van der Waals surface area contributed by atoms with Crippen molar-refractivity contribution in [2.45, 2.75) is 49.3 Å². The summed E-state index contributed by atoms with van der Waals surface area (Å²) in [6.07, 6.45) is -4.83. The molecule has 0 spiro atoms. The van der Waals surface area contributed by atoms with Crippen molar-refractivity contribution in [2.75, 3.05) is 13.2 Å². The smallest absolute Gasteiger partial charge is 0.108 e. The third kappa shape index (κ3) is 3.85. The summed E-state index contributed by atoms with van der Waals surface area (Å²) in [7, 11) is 0. The van der Waals surface area contributed by atoms with Crippen LogP contribution in [0.1, 0.15) is 12.8 Å². The van der Waals surface area contributed by atoms with Gasteiger partial charge in [-0.3, -0.25) is 0 Å². The summed E-state index contributed by atoms with van der Waals surface area (Å²) in [4.78, 5) is 0. The first-order valence-corrected chi connectivity index (χ1v) is 5.69. The van der Waals surface area contributed by atoms with Crippen LogP contribution in [0.3, 0.4) is 0 Å². The molecule has 0 saturated heterocycles. The second-order valence-electron chi connectivity index (χ2n) is 4.51. The molecule has 0 aromatic heterocycles. The van der Waals surface area contributed by atoms with Gasteiger partial charge in [0.1, 0.15) is 12.2 Å². The van der Waals surface area contributed by atoms with Crippen molar-refractivity contribution in [3.63, 3.8) is 0 Å². The molecule has 7 heteroatoms. The minimum atomic E-state index is -1.39. The zero-order chi connectivity index (χ0) is 13.0. The zero-order valence-electron chi connectivity index (χ0n) is 9.48. The third-order valence-corrected chi connectivity index (χ3v) is 3.10. The standard InChI is InChI=1S/C10H21NO6/c12-3-6(4-13)11-5-1-7(14)9(16)10(17)8(15)2-5/h5-17H,1-4H2/t7-,8-,9-,10-/m1/s1. The average Bonchev–Trinajstić information content (AvgIpc) is 2.40. The summed E-state index contributed by atoms with van der Waals surface area (Å²) in [6.45, 7) is -0.547. The van der Waals surface area contributed by atoms with E-state index in [9.17, 15) is 20.4 Å². The molecular weight excluding hydrogens is 230 g/mol. The lowest BCUT2D eigenvalue weighted by molar-refractivity contribution is -0.0947. The monoisotopic (exact) mass is 251 g/mol. The molecule has 7 nitrogen and oxygen atoms in total. The highest BCUT2D eigenvalue weighted by Gasteiger charge is 2.37. The van der Waals surface area contributed by atoms with Crippen LogP contribution in [0.5, 0.6) is 0 Å². The lowest BCUT2D eigenvalue weighted by Gasteiger charge is -2.24. The molecular formula is C10H21NO6. The first kappa shape index (κ1) is 14.8. The summed E-state index contributed by atoms with van der Waals surface area (Å²) in [6, 6.07) is -0.942. The fraction of sp³-hybridized carbons (Fsp3) is 1.00. The molecule has 0 heterocycles. The van der Waals surface area contributed by atoms with Gasteiger partial charge in [0.05, 0.1) is 31.5 Å². The largest absolute Gasteiger partial charge is 0.395 e. The minimum absolute atomic E-state index is 0.131. The van der Waals surface area contributed by atoms with Crippen LogP contribution >= 0.6 is 0 Å². The highest BCUT2D eigenvalue weighted by molar-refractivity contribution is 4.91. The molecule has 17 heavy (non-hydrogen) atoms. The minimum Gasteiger partial charge on any atom is -0.395 e.